The molecular weight excluding hydrogens is 284 g/mol. The minimum Gasteiger partial charge on any atom is -0.508 e. The van der Waals surface area contributed by atoms with E-state index in [0.29, 0.717) is 0 Å². The van der Waals surface area contributed by atoms with E-state index in [9.17, 15) is 10.2 Å². The van der Waals surface area contributed by atoms with Gasteiger partial charge < -0.3 is 10.2 Å². The Labute approximate surface area is 139 Å². The fraction of sp³-hybridized carbons (Fsp3) is 0.429. The van der Waals surface area contributed by atoms with Crippen molar-refractivity contribution >= 4 is 0 Å². The normalized spacial score (nSPS) is 10.8. The molecule has 0 bridgehead atoms. The van der Waals surface area contributed by atoms with Gasteiger partial charge in [0.2, 0.25) is 0 Å². The van der Waals surface area contributed by atoms with E-state index in [0.717, 1.165) is 29.5 Å². The van der Waals surface area contributed by atoms with Gasteiger partial charge in [-0.05, 0) is 30.5 Å². The number of phenols is 2. The van der Waals surface area contributed by atoms with E-state index in [1.54, 1.807) is 12.1 Å². The summed E-state index contributed by atoms with van der Waals surface area (Å²) < 4.78 is 0. The van der Waals surface area contributed by atoms with Crippen molar-refractivity contribution in [3.05, 3.63) is 48.0 Å². The number of unbranched alkanes of at least 4 members (excludes halogenated alkanes) is 6. The van der Waals surface area contributed by atoms with E-state index < -0.39 is 0 Å². The second-order valence-corrected chi connectivity index (χ2v) is 6.19. The molecule has 0 aromatic heterocycles. The van der Waals surface area contributed by atoms with Crippen molar-refractivity contribution in [2.75, 3.05) is 0 Å². The van der Waals surface area contributed by atoms with E-state index in [4.69, 9.17) is 0 Å². The van der Waals surface area contributed by atoms with Crippen LogP contribution in [0.5, 0.6) is 11.5 Å². The van der Waals surface area contributed by atoms with Gasteiger partial charge >= 0.3 is 0 Å². The van der Waals surface area contributed by atoms with Crippen molar-refractivity contribution in [2.24, 2.45) is 0 Å². The lowest BCUT2D eigenvalue weighted by Gasteiger charge is -2.14. The Morgan fingerprint density at radius 1 is 0.696 bits per heavy atom. The predicted octanol–water partition coefficient (Wildman–Crippen LogP) is 6.06. The summed E-state index contributed by atoms with van der Waals surface area (Å²) in [6.07, 6.45) is 9.49. The molecule has 124 valence electrons. The van der Waals surface area contributed by atoms with Crippen molar-refractivity contribution in [3.8, 4) is 22.6 Å². The van der Waals surface area contributed by atoms with Crippen molar-refractivity contribution < 1.29 is 10.2 Å². The lowest BCUT2D eigenvalue weighted by atomic mass is 9.94. The third kappa shape index (κ3) is 5.02. The SMILES string of the molecule is CCCCCCCCCc1c(O)ccc(O)c1-c1ccccc1. The fourth-order valence-corrected chi connectivity index (χ4v) is 3.06. The van der Waals surface area contributed by atoms with Crippen LogP contribution in [-0.4, -0.2) is 10.2 Å². The highest BCUT2D eigenvalue weighted by atomic mass is 16.3. The first-order valence-electron chi connectivity index (χ1n) is 8.83. The molecule has 0 unspecified atom stereocenters. The Morgan fingerprint density at radius 2 is 1.30 bits per heavy atom. The van der Waals surface area contributed by atoms with Gasteiger partial charge in [0.1, 0.15) is 11.5 Å². The third-order valence-electron chi connectivity index (χ3n) is 4.36. The Hall–Kier alpha value is -1.96. The van der Waals surface area contributed by atoms with Crippen LogP contribution in [0.3, 0.4) is 0 Å². The van der Waals surface area contributed by atoms with Crippen molar-refractivity contribution in [1.29, 1.82) is 0 Å². The van der Waals surface area contributed by atoms with Gasteiger partial charge in [-0.25, -0.2) is 0 Å². The molecule has 0 spiro atoms. The average Bonchev–Trinajstić information content (AvgIpc) is 2.57. The number of hydrogen-bond donors (Lipinski definition) is 2. The lowest BCUT2D eigenvalue weighted by molar-refractivity contribution is 0.454. The summed E-state index contributed by atoms with van der Waals surface area (Å²) in [7, 11) is 0. The largest absolute Gasteiger partial charge is 0.508 e. The Balaban J connectivity index is 2.02. The highest BCUT2D eigenvalue weighted by molar-refractivity contribution is 5.76. The predicted molar refractivity (Wildman–Crippen MR) is 96.9 cm³/mol. The summed E-state index contributed by atoms with van der Waals surface area (Å²) in [5.74, 6) is 0.527. The quantitative estimate of drug-likeness (QED) is 0.436. The molecule has 2 aromatic carbocycles. The highest BCUT2D eigenvalue weighted by Gasteiger charge is 2.14. The molecule has 2 heteroatoms. The second kappa shape index (κ2) is 9.24. The Morgan fingerprint density at radius 3 is 2.00 bits per heavy atom. The van der Waals surface area contributed by atoms with E-state index in [1.807, 2.05) is 30.3 Å². The van der Waals surface area contributed by atoms with Crippen molar-refractivity contribution in [2.45, 2.75) is 58.3 Å². The smallest absolute Gasteiger partial charge is 0.123 e. The van der Waals surface area contributed by atoms with Gasteiger partial charge in [0.25, 0.3) is 0 Å². The monoisotopic (exact) mass is 312 g/mol. The molecule has 0 atom stereocenters. The zero-order valence-electron chi connectivity index (χ0n) is 14.1. The molecule has 0 aliphatic carbocycles. The second-order valence-electron chi connectivity index (χ2n) is 6.19. The molecule has 2 rings (SSSR count). The van der Waals surface area contributed by atoms with Gasteiger partial charge in [-0.2, -0.15) is 0 Å². The number of phenolic OH excluding ortho intramolecular Hbond substituents is 2. The van der Waals surface area contributed by atoms with Crippen LogP contribution < -0.4 is 0 Å². The van der Waals surface area contributed by atoms with E-state index in [1.165, 1.54) is 38.5 Å². The van der Waals surface area contributed by atoms with Gasteiger partial charge in [0.15, 0.2) is 0 Å². The number of benzene rings is 2. The van der Waals surface area contributed by atoms with Gasteiger partial charge in [0, 0.05) is 11.1 Å². The van der Waals surface area contributed by atoms with Crippen LogP contribution in [0.15, 0.2) is 42.5 Å². The van der Waals surface area contributed by atoms with Crippen molar-refractivity contribution in [1.82, 2.24) is 0 Å². The standard InChI is InChI=1S/C21H28O2/c1-2-3-4-5-6-7-11-14-18-19(22)15-16-20(23)21(18)17-12-9-8-10-13-17/h8-10,12-13,15-16,22-23H,2-7,11,14H2,1H3. The molecule has 0 saturated carbocycles. The first kappa shape index (κ1) is 17.4. The van der Waals surface area contributed by atoms with Gasteiger partial charge in [-0.3, -0.25) is 0 Å². The van der Waals surface area contributed by atoms with Crippen LogP contribution in [-0.2, 0) is 6.42 Å². The average molecular weight is 312 g/mol. The first-order chi connectivity index (χ1) is 11.2. The highest BCUT2D eigenvalue weighted by Crippen LogP contribution is 2.38. The maximum absolute atomic E-state index is 10.3. The van der Waals surface area contributed by atoms with Gasteiger partial charge in [-0.1, -0.05) is 75.8 Å². The van der Waals surface area contributed by atoms with Crippen LogP contribution in [0.1, 0.15) is 57.4 Å². The van der Waals surface area contributed by atoms with E-state index >= 15 is 0 Å². The molecule has 0 heterocycles. The molecule has 23 heavy (non-hydrogen) atoms. The minimum absolute atomic E-state index is 0.243. The minimum atomic E-state index is 0.243. The zero-order chi connectivity index (χ0) is 16.5. The molecule has 0 amide bonds. The summed E-state index contributed by atoms with van der Waals surface area (Å²) >= 11 is 0. The number of hydrogen-bond acceptors (Lipinski definition) is 2. The molecule has 0 radical (unpaired) electrons. The number of rotatable bonds is 9. The van der Waals surface area contributed by atoms with E-state index in [2.05, 4.69) is 6.92 Å². The maximum atomic E-state index is 10.3. The Kier molecular flexibility index (Phi) is 6.99. The van der Waals surface area contributed by atoms with Crippen LogP contribution in [0.2, 0.25) is 0 Å². The summed E-state index contributed by atoms with van der Waals surface area (Å²) in [6, 6.07) is 13.0. The summed E-state index contributed by atoms with van der Waals surface area (Å²) in [5.41, 5.74) is 2.60. The van der Waals surface area contributed by atoms with Crippen LogP contribution in [0, 0.1) is 0 Å². The zero-order valence-corrected chi connectivity index (χ0v) is 14.1. The Bertz CT molecular complexity index is 590. The molecule has 0 fully saturated rings. The first-order valence-corrected chi connectivity index (χ1v) is 8.83. The summed E-state index contributed by atoms with van der Waals surface area (Å²) in [6.45, 7) is 2.23. The fourth-order valence-electron chi connectivity index (χ4n) is 3.06. The van der Waals surface area contributed by atoms with Crippen LogP contribution in [0.25, 0.3) is 11.1 Å². The lowest BCUT2D eigenvalue weighted by Crippen LogP contribution is -1.93. The van der Waals surface area contributed by atoms with Crippen molar-refractivity contribution in [3.63, 3.8) is 0 Å². The topological polar surface area (TPSA) is 40.5 Å². The third-order valence-corrected chi connectivity index (χ3v) is 4.36. The molecule has 0 aliphatic heterocycles. The van der Waals surface area contributed by atoms with E-state index in [-0.39, 0.29) is 11.5 Å². The molecule has 2 nitrogen and oxygen atoms in total. The van der Waals surface area contributed by atoms with Gasteiger partial charge in [0.05, 0.1) is 0 Å². The molecule has 2 N–H and O–H groups in total. The molecule has 0 saturated heterocycles. The summed E-state index contributed by atoms with van der Waals surface area (Å²) in [5, 5.41) is 20.5. The summed E-state index contributed by atoms with van der Waals surface area (Å²) in [4.78, 5) is 0. The maximum Gasteiger partial charge on any atom is 0.123 e. The van der Waals surface area contributed by atoms with Gasteiger partial charge in [-0.15, -0.1) is 0 Å². The molecular formula is C21H28O2. The molecule has 2 aromatic rings. The molecule has 0 aliphatic rings. The number of aromatic hydroxyl groups is 2. The van der Waals surface area contributed by atoms with Crippen LogP contribution >= 0.6 is 0 Å². The van der Waals surface area contributed by atoms with Crippen LogP contribution in [0.4, 0.5) is 0 Å².